The number of nitrogen functional groups attached to an aromatic ring is 1. The van der Waals surface area contributed by atoms with Gasteiger partial charge in [-0.1, -0.05) is 42.1 Å². The number of ether oxygens (including phenoxy) is 1. The van der Waals surface area contributed by atoms with Crippen LogP contribution >= 0.6 is 11.8 Å². The van der Waals surface area contributed by atoms with E-state index in [-0.39, 0.29) is 22.9 Å². The first-order chi connectivity index (χ1) is 16.4. The van der Waals surface area contributed by atoms with Gasteiger partial charge in [0, 0.05) is 12.2 Å². The number of hydrogen-bond acceptors (Lipinski definition) is 7. The van der Waals surface area contributed by atoms with Crippen molar-refractivity contribution in [1.29, 1.82) is 5.26 Å². The number of nitrogens with two attached hydrogens (primary N) is 1. The summed E-state index contributed by atoms with van der Waals surface area (Å²) in [5.74, 6) is 0.116. The Morgan fingerprint density at radius 1 is 1.18 bits per heavy atom. The number of hydrogen-bond donors (Lipinski definition) is 3. The van der Waals surface area contributed by atoms with Gasteiger partial charge in [-0.25, -0.2) is 4.98 Å². The number of aromatic nitrogens is 1. The standard InChI is InChI=1S/C25H25N5O3S/c1-16(23(31)28-13-12-17-8-10-20(33-2)11-9-17)34-25-18(15-26)14-21(22(27)30-25)24(32)29-19-6-4-3-5-7-19/h3-11,14,16H,12-13H2,1-2H3,(H2,27,30)(H,28,31)(H,29,32). The van der Waals surface area contributed by atoms with Gasteiger partial charge in [-0.15, -0.1) is 0 Å². The smallest absolute Gasteiger partial charge is 0.259 e. The fourth-order valence-electron chi connectivity index (χ4n) is 3.07. The first-order valence-electron chi connectivity index (χ1n) is 10.6. The van der Waals surface area contributed by atoms with Gasteiger partial charge in [-0.2, -0.15) is 5.26 Å². The van der Waals surface area contributed by atoms with Crippen LogP contribution in [0.5, 0.6) is 5.75 Å². The second-order valence-electron chi connectivity index (χ2n) is 7.36. The minimum atomic E-state index is -0.515. The van der Waals surface area contributed by atoms with E-state index >= 15 is 0 Å². The molecule has 9 heteroatoms. The number of nitrogens with zero attached hydrogens (tertiary/aromatic N) is 2. The Morgan fingerprint density at radius 2 is 1.88 bits per heavy atom. The molecular formula is C25H25N5O3S. The van der Waals surface area contributed by atoms with E-state index in [4.69, 9.17) is 10.5 Å². The maximum absolute atomic E-state index is 12.6. The maximum Gasteiger partial charge on any atom is 0.259 e. The largest absolute Gasteiger partial charge is 0.497 e. The summed E-state index contributed by atoms with van der Waals surface area (Å²) in [5.41, 5.74) is 7.96. The number of carbonyl (C=O) groups excluding carboxylic acids is 2. The van der Waals surface area contributed by atoms with Crippen LogP contribution in [0, 0.1) is 11.3 Å². The van der Waals surface area contributed by atoms with Gasteiger partial charge in [0.2, 0.25) is 5.91 Å². The van der Waals surface area contributed by atoms with Crippen molar-refractivity contribution in [3.63, 3.8) is 0 Å². The van der Waals surface area contributed by atoms with E-state index in [0.29, 0.717) is 23.7 Å². The Balaban J connectivity index is 1.61. The van der Waals surface area contributed by atoms with E-state index in [1.165, 1.54) is 6.07 Å². The molecule has 0 saturated heterocycles. The number of benzene rings is 2. The molecule has 3 rings (SSSR count). The van der Waals surface area contributed by atoms with Gasteiger partial charge in [-0.05, 0) is 49.2 Å². The Bertz CT molecular complexity index is 1190. The molecule has 0 radical (unpaired) electrons. The zero-order chi connectivity index (χ0) is 24.5. The molecule has 2 aromatic carbocycles. The topological polar surface area (TPSA) is 130 Å². The molecule has 174 valence electrons. The number of thioether (sulfide) groups is 1. The summed E-state index contributed by atoms with van der Waals surface area (Å²) in [6.07, 6.45) is 0.674. The zero-order valence-corrected chi connectivity index (χ0v) is 19.7. The van der Waals surface area contributed by atoms with Gasteiger partial charge >= 0.3 is 0 Å². The minimum Gasteiger partial charge on any atom is -0.497 e. The molecule has 1 atom stereocenters. The van der Waals surface area contributed by atoms with Gasteiger partial charge in [-0.3, -0.25) is 9.59 Å². The van der Waals surface area contributed by atoms with E-state index in [0.717, 1.165) is 23.1 Å². The molecule has 0 aliphatic heterocycles. The average Bonchev–Trinajstić information content (AvgIpc) is 2.85. The number of carbonyl (C=O) groups is 2. The van der Waals surface area contributed by atoms with E-state index in [2.05, 4.69) is 15.6 Å². The number of rotatable bonds is 9. The molecule has 34 heavy (non-hydrogen) atoms. The number of nitrogens with one attached hydrogen (secondary N) is 2. The summed E-state index contributed by atoms with van der Waals surface area (Å²) in [6, 6.07) is 20.0. The van der Waals surface area contributed by atoms with Crippen LogP contribution < -0.4 is 21.1 Å². The third kappa shape index (κ3) is 6.49. The van der Waals surface area contributed by atoms with Crippen molar-refractivity contribution in [2.24, 2.45) is 0 Å². The first-order valence-corrected chi connectivity index (χ1v) is 11.4. The third-order valence-electron chi connectivity index (χ3n) is 4.94. The lowest BCUT2D eigenvalue weighted by molar-refractivity contribution is -0.120. The summed E-state index contributed by atoms with van der Waals surface area (Å²) in [4.78, 5) is 29.4. The van der Waals surface area contributed by atoms with Gasteiger partial charge < -0.3 is 21.1 Å². The Labute approximate surface area is 202 Å². The fourth-order valence-corrected chi connectivity index (χ4v) is 3.98. The molecule has 0 fully saturated rings. The molecule has 3 aromatic rings. The number of para-hydroxylation sites is 1. The number of methoxy groups -OCH3 is 1. The molecule has 1 unspecified atom stereocenters. The summed E-state index contributed by atoms with van der Waals surface area (Å²) in [7, 11) is 1.61. The lowest BCUT2D eigenvalue weighted by atomic mass is 10.1. The molecule has 1 heterocycles. The number of nitriles is 1. The second-order valence-corrected chi connectivity index (χ2v) is 8.68. The van der Waals surface area contributed by atoms with Crippen LogP contribution in [0.15, 0.2) is 65.7 Å². The van der Waals surface area contributed by atoms with Crippen LogP contribution in [-0.4, -0.2) is 35.7 Å². The quantitative estimate of drug-likeness (QED) is 0.403. The molecule has 0 bridgehead atoms. The van der Waals surface area contributed by atoms with E-state index < -0.39 is 11.2 Å². The first kappa shape index (κ1) is 24.6. The average molecular weight is 476 g/mol. The van der Waals surface area contributed by atoms with Gasteiger partial charge in [0.05, 0.1) is 23.5 Å². The van der Waals surface area contributed by atoms with Crippen molar-refractivity contribution in [2.75, 3.05) is 24.7 Å². The Kier molecular flexibility index (Phi) is 8.48. The molecule has 0 saturated carbocycles. The molecule has 8 nitrogen and oxygen atoms in total. The molecule has 0 spiro atoms. The predicted octanol–water partition coefficient (Wildman–Crippen LogP) is 3.64. The van der Waals surface area contributed by atoms with Gasteiger partial charge in [0.1, 0.15) is 22.7 Å². The van der Waals surface area contributed by atoms with E-state index in [1.807, 2.05) is 36.4 Å². The van der Waals surface area contributed by atoms with E-state index in [1.54, 1.807) is 38.3 Å². The van der Waals surface area contributed by atoms with Crippen molar-refractivity contribution < 1.29 is 14.3 Å². The molecule has 1 aromatic heterocycles. The maximum atomic E-state index is 12.6. The van der Waals surface area contributed by atoms with Crippen LogP contribution in [-0.2, 0) is 11.2 Å². The van der Waals surface area contributed by atoms with Crippen molar-refractivity contribution in [3.05, 3.63) is 77.4 Å². The number of pyridine rings is 1. The summed E-state index contributed by atoms with van der Waals surface area (Å²) in [6.45, 7) is 2.19. The SMILES string of the molecule is COc1ccc(CCNC(=O)C(C)Sc2nc(N)c(C(=O)Nc3ccccc3)cc2C#N)cc1. The molecular weight excluding hydrogens is 450 g/mol. The lowest BCUT2D eigenvalue weighted by Crippen LogP contribution is -2.32. The number of amides is 2. The highest BCUT2D eigenvalue weighted by Crippen LogP contribution is 2.28. The van der Waals surface area contributed by atoms with E-state index in [9.17, 15) is 14.9 Å². The molecule has 0 aliphatic rings. The molecule has 2 amide bonds. The highest BCUT2D eigenvalue weighted by molar-refractivity contribution is 8.00. The summed E-state index contributed by atoms with van der Waals surface area (Å²) in [5, 5.41) is 15.0. The van der Waals surface area contributed by atoms with Gasteiger partial charge in [0.15, 0.2) is 0 Å². The third-order valence-corrected chi connectivity index (χ3v) is 6.05. The molecule has 0 aliphatic carbocycles. The molecule has 4 N–H and O–H groups in total. The van der Waals surface area contributed by atoms with Crippen LogP contribution in [0.3, 0.4) is 0 Å². The minimum absolute atomic E-state index is 0.0120. The Morgan fingerprint density at radius 3 is 2.53 bits per heavy atom. The van der Waals surface area contributed by atoms with Gasteiger partial charge in [0.25, 0.3) is 5.91 Å². The summed E-state index contributed by atoms with van der Waals surface area (Å²) < 4.78 is 5.14. The van der Waals surface area contributed by atoms with Crippen molar-refractivity contribution in [3.8, 4) is 11.8 Å². The Hall–Kier alpha value is -4.03. The highest BCUT2D eigenvalue weighted by atomic mass is 32.2. The van der Waals surface area contributed by atoms with Crippen LogP contribution in [0.1, 0.15) is 28.4 Å². The lowest BCUT2D eigenvalue weighted by Gasteiger charge is -2.14. The fraction of sp³-hybridized carbons (Fsp3) is 0.200. The normalized spacial score (nSPS) is 11.2. The predicted molar refractivity (Wildman–Crippen MR) is 133 cm³/mol. The van der Waals surface area contributed by atoms with Crippen LogP contribution in [0.25, 0.3) is 0 Å². The van der Waals surface area contributed by atoms with Crippen LogP contribution in [0.2, 0.25) is 0 Å². The van der Waals surface area contributed by atoms with Crippen molar-refractivity contribution in [1.82, 2.24) is 10.3 Å². The highest BCUT2D eigenvalue weighted by Gasteiger charge is 2.21. The van der Waals surface area contributed by atoms with Crippen molar-refractivity contribution >= 4 is 35.1 Å². The van der Waals surface area contributed by atoms with Crippen LogP contribution in [0.4, 0.5) is 11.5 Å². The zero-order valence-electron chi connectivity index (χ0n) is 18.9. The van der Waals surface area contributed by atoms with Crippen molar-refractivity contribution in [2.45, 2.75) is 23.6 Å². The summed E-state index contributed by atoms with van der Waals surface area (Å²) >= 11 is 1.12. The second kappa shape index (κ2) is 11.7. The number of anilines is 2. The monoisotopic (exact) mass is 475 g/mol.